The lowest BCUT2D eigenvalue weighted by Gasteiger charge is -2.32. The summed E-state index contributed by atoms with van der Waals surface area (Å²) in [4.78, 5) is -0.0390. The second-order valence-electron chi connectivity index (χ2n) is 4.64. The Kier molecular flexibility index (Phi) is 6.82. The third-order valence-corrected chi connectivity index (χ3v) is 5.47. The molecule has 1 aromatic carbocycles. The number of halogens is 4. The van der Waals surface area contributed by atoms with Gasteiger partial charge < -0.3 is 10.1 Å². The fourth-order valence-corrected chi connectivity index (χ4v) is 4.10. The molecule has 1 atom stereocenters. The van der Waals surface area contributed by atoms with Gasteiger partial charge in [-0.15, -0.1) is 12.4 Å². The van der Waals surface area contributed by atoms with E-state index in [1.54, 1.807) is 6.92 Å². The first kappa shape index (κ1) is 19.4. The van der Waals surface area contributed by atoms with E-state index in [9.17, 15) is 17.2 Å². The first-order valence-electron chi connectivity index (χ1n) is 6.29. The van der Waals surface area contributed by atoms with Crippen LogP contribution in [0.4, 0.5) is 8.78 Å². The Morgan fingerprint density at radius 2 is 2.14 bits per heavy atom. The van der Waals surface area contributed by atoms with Crippen molar-refractivity contribution < 1.29 is 21.9 Å². The Morgan fingerprint density at radius 1 is 1.45 bits per heavy atom. The van der Waals surface area contributed by atoms with Crippen molar-refractivity contribution in [1.82, 2.24) is 9.62 Å². The van der Waals surface area contributed by atoms with Crippen molar-refractivity contribution in [1.29, 1.82) is 0 Å². The summed E-state index contributed by atoms with van der Waals surface area (Å²) in [6, 6.07) is 3.28. The number of ether oxygens (including phenoxy) is 1. The van der Waals surface area contributed by atoms with Gasteiger partial charge in [0.2, 0.25) is 10.0 Å². The van der Waals surface area contributed by atoms with Crippen molar-refractivity contribution in [2.75, 3.05) is 19.6 Å². The van der Waals surface area contributed by atoms with Gasteiger partial charge in [0, 0.05) is 25.7 Å². The van der Waals surface area contributed by atoms with E-state index in [2.05, 4.69) is 10.1 Å². The maximum Gasteiger partial charge on any atom is 0.387 e. The van der Waals surface area contributed by atoms with E-state index >= 15 is 0 Å². The van der Waals surface area contributed by atoms with E-state index in [0.717, 1.165) is 12.1 Å². The minimum absolute atomic E-state index is 0. The number of hydrogen-bond acceptors (Lipinski definition) is 4. The van der Waals surface area contributed by atoms with Crippen molar-refractivity contribution in [3.63, 3.8) is 0 Å². The van der Waals surface area contributed by atoms with Crippen LogP contribution in [0.2, 0.25) is 5.02 Å². The highest BCUT2D eigenvalue weighted by Crippen LogP contribution is 2.30. The molecule has 0 radical (unpaired) electrons. The quantitative estimate of drug-likeness (QED) is 0.875. The van der Waals surface area contributed by atoms with E-state index in [1.165, 1.54) is 10.4 Å². The number of benzene rings is 1. The van der Waals surface area contributed by atoms with Crippen LogP contribution < -0.4 is 10.1 Å². The molecule has 1 aliphatic heterocycles. The molecule has 0 unspecified atom stereocenters. The molecule has 0 aromatic heterocycles. The number of rotatable bonds is 4. The largest absolute Gasteiger partial charge is 0.433 e. The van der Waals surface area contributed by atoms with Gasteiger partial charge in [-0.2, -0.15) is 13.1 Å². The Labute approximate surface area is 139 Å². The molecule has 10 heteroatoms. The minimum Gasteiger partial charge on any atom is -0.433 e. The van der Waals surface area contributed by atoms with Gasteiger partial charge in [0.25, 0.3) is 0 Å². The normalized spacial score (nSPS) is 19.8. The smallest absolute Gasteiger partial charge is 0.387 e. The summed E-state index contributed by atoms with van der Waals surface area (Å²) >= 11 is 5.80. The van der Waals surface area contributed by atoms with Crippen LogP contribution in [-0.4, -0.2) is 45.0 Å². The lowest BCUT2D eigenvalue weighted by atomic mass is 10.3. The zero-order valence-electron chi connectivity index (χ0n) is 11.6. The number of alkyl halides is 2. The van der Waals surface area contributed by atoms with Gasteiger partial charge >= 0.3 is 6.61 Å². The van der Waals surface area contributed by atoms with Crippen LogP contribution in [0.3, 0.4) is 0 Å². The lowest BCUT2D eigenvalue weighted by molar-refractivity contribution is -0.0498. The molecule has 0 saturated carbocycles. The molecule has 2 rings (SSSR count). The maximum absolute atomic E-state index is 12.5. The summed E-state index contributed by atoms with van der Waals surface area (Å²) in [6.45, 7) is 0.234. The zero-order chi connectivity index (χ0) is 15.6. The van der Waals surface area contributed by atoms with Crippen LogP contribution in [0.25, 0.3) is 0 Å². The Balaban J connectivity index is 0.00000242. The zero-order valence-corrected chi connectivity index (χ0v) is 14.0. The molecule has 1 N–H and O–H groups in total. The van der Waals surface area contributed by atoms with Crippen molar-refractivity contribution in [3.05, 3.63) is 23.2 Å². The Morgan fingerprint density at radius 3 is 2.68 bits per heavy atom. The van der Waals surface area contributed by atoms with Gasteiger partial charge in [-0.25, -0.2) is 8.42 Å². The fourth-order valence-electron chi connectivity index (χ4n) is 2.15. The molecule has 1 saturated heterocycles. The lowest BCUT2D eigenvalue weighted by Crippen LogP contribution is -2.52. The third-order valence-electron chi connectivity index (χ3n) is 3.17. The summed E-state index contributed by atoms with van der Waals surface area (Å²) in [5, 5.41) is 2.93. The number of nitrogens with zero attached hydrogens (tertiary/aromatic N) is 1. The number of sulfonamides is 1. The van der Waals surface area contributed by atoms with Gasteiger partial charge in [0.15, 0.2) is 0 Å². The van der Waals surface area contributed by atoms with E-state index in [0.29, 0.717) is 19.6 Å². The average molecular weight is 377 g/mol. The summed E-state index contributed by atoms with van der Waals surface area (Å²) in [6.07, 6.45) is 0. The molecule has 0 amide bonds. The van der Waals surface area contributed by atoms with E-state index < -0.39 is 16.6 Å². The Hall–Kier alpha value is -0.670. The number of piperazine rings is 1. The number of hydrogen-bond donors (Lipinski definition) is 1. The van der Waals surface area contributed by atoms with Crippen molar-refractivity contribution in [3.8, 4) is 5.75 Å². The summed E-state index contributed by atoms with van der Waals surface area (Å²) in [7, 11) is -3.71. The van der Waals surface area contributed by atoms with Gasteiger partial charge in [-0.3, -0.25) is 0 Å². The second kappa shape index (κ2) is 7.74. The summed E-state index contributed by atoms with van der Waals surface area (Å²) in [5.74, 6) is -0.251. The molecule has 0 aliphatic carbocycles. The molecule has 0 bridgehead atoms. The van der Waals surface area contributed by atoms with E-state index in [4.69, 9.17) is 11.6 Å². The van der Waals surface area contributed by atoms with Crippen LogP contribution in [0, 0.1) is 0 Å². The van der Waals surface area contributed by atoms with Crippen molar-refractivity contribution in [2.24, 2.45) is 0 Å². The molecule has 22 heavy (non-hydrogen) atoms. The molecule has 5 nitrogen and oxygen atoms in total. The van der Waals surface area contributed by atoms with Crippen LogP contribution in [0.5, 0.6) is 5.75 Å². The van der Waals surface area contributed by atoms with Gasteiger partial charge in [-0.05, 0) is 25.1 Å². The molecule has 1 fully saturated rings. The van der Waals surface area contributed by atoms with Crippen molar-refractivity contribution in [2.45, 2.75) is 24.5 Å². The predicted octanol–water partition coefficient (Wildman–Crippen LogP) is 2.35. The first-order chi connectivity index (χ1) is 9.82. The topological polar surface area (TPSA) is 58.6 Å². The summed E-state index contributed by atoms with van der Waals surface area (Å²) < 4.78 is 55.0. The minimum atomic E-state index is -3.71. The van der Waals surface area contributed by atoms with E-state index in [1.807, 2.05) is 0 Å². The second-order valence-corrected chi connectivity index (χ2v) is 6.94. The molecule has 126 valence electrons. The van der Waals surface area contributed by atoms with Crippen molar-refractivity contribution >= 4 is 34.0 Å². The molecule has 0 spiro atoms. The standard InChI is InChI=1S/C12H15ClF2N2O3S.ClH/c1-8-7-16-4-5-17(8)21(18,19)9-2-3-11(10(13)6-9)20-12(14)15;/h2-3,6,8,12,16H,4-5,7H2,1H3;1H/t8-;/m0./s1. The third kappa shape index (κ3) is 4.20. The monoisotopic (exact) mass is 376 g/mol. The van der Waals surface area contributed by atoms with Gasteiger partial charge in [-0.1, -0.05) is 11.6 Å². The van der Waals surface area contributed by atoms with Crippen LogP contribution in [-0.2, 0) is 10.0 Å². The highest BCUT2D eigenvalue weighted by Gasteiger charge is 2.31. The maximum atomic E-state index is 12.5. The number of nitrogens with one attached hydrogen (secondary N) is 1. The van der Waals surface area contributed by atoms with Crippen LogP contribution in [0.1, 0.15) is 6.92 Å². The first-order valence-corrected chi connectivity index (χ1v) is 8.11. The molecular formula is C12H16Cl2F2N2O3S. The highest BCUT2D eigenvalue weighted by atomic mass is 35.5. The molecule has 1 aromatic rings. The Bertz CT molecular complexity index is 616. The molecular weight excluding hydrogens is 361 g/mol. The fraction of sp³-hybridized carbons (Fsp3) is 0.500. The molecule has 1 heterocycles. The van der Waals surface area contributed by atoms with Crippen LogP contribution in [0.15, 0.2) is 23.1 Å². The van der Waals surface area contributed by atoms with E-state index in [-0.39, 0.29) is 34.1 Å². The van der Waals surface area contributed by atoms with Gasteiger partial charge in [0.05, 0.1) is 9.92 Å². The predicted molar refractivity (Wildman–Crippen MR) is 81.6 cm³/mol. The van der Waals surface area contributed by atoms with Crippen LogP contribution >= 0.6 is 24.0 Å². The average Bonchev–Trinajstić information content (AvgIpc) is 2.40. The van der Waals surface area contributed by atoms with Gasteiger partial charge in [0.1, 0.15) is 5.75 Å². The molecule has 1 aliphatic rings. The summed E-state index contributed by atoms with van der Waals surface area (Å²) in [5.41, 5.74) is 0. The SMILES string of the molecule is C[C@H]1CNCCN1S(=O)(=O)c1ccc(OC(F)F)c(Cl)c1.Cl. The highest BCUT2D eigenvalue weighted by molar-refractivity contribution is 7.89.